The van der Waals surface area contributed by atoms with Crippen LogP contribution in [0, 0.1) is 0 Å². The van der Waals surface area contributed by atoms with Crippen LogP contribution in [0.3, 0.4) is 0 Å². The maximum absolute atomic E-state index is 13.6. The van der Waals surface area contributed by atoms with Gasteiger partial charge in [0.15, 0.2) is 11.5 Å². The summed E-state index contributed by atoms with van der Waals surface area (Å²) in [5.41, 5.74) is 2.81. The molecule has 2 aromatic carbocycles. The molecule has 1 aromatic heterocycles. The number of likely N-dealkylation sites (tertiary alicyclic amines) is 1. The largest absolute Gasteiger partial charge is 0.490 e. The molecule has 160 valence electrons. The van der Waals surface area contributed by atoms with Crippen molar-refractivity contribution in [3.05, 3.63) is 53.7 Å². The number of nitrogens with zero attached hydrogens (tertiary/aromatic N) is 1. The number of amides is 2. The van der Waals surface area contributed by atoms with Crippen LogP contribution >= 0.6 is 0 Å². The van der Waals surface area contributed by atoms with Gasteiger partial charge in [0.1, 0.15) is 5.69 Å². The van der Waals surface area contributed by atoms with E-state index in [2.05, 4.69) is 10.3 Å². The van der Waals surface area contributed by atoms with E-state index in [1.165, 1.54) is 6.92 Å². The third-order valence-electron chi connectivity index (χ3n) is 5.89. The van der Waals surface area contributed by atoms with Gasteiger partial charge >= 0.3 is 0 Å². The molecule has 1 saturated heterocycles. The van der Waals surface area contributed by atoms with E-state index in [4.69, 9.17) is 9.47 Å². The molecule has 2 amide bonds. The lowest BCUT2D eigenvalue weighted by atomic mass is 10.0. The number of nitrogens with one attached hydrogen (secondary N) is 2. The van der Waals surface area contributed by atoms with E-state index in [-0.39, 0.29) is 17.9 Å². The summed E-state index contributed by atoms with van der Waals surface area (Å²) in [6.45, 7) is 3.38. The smallest absolute Gasteiger partial charge is 0.272 e. The first-order chi connectivity index (χ1) is 15.1. The zero-order valence-corrected chi connectivity index (χ0v) is 17.4. The molecule has 0 radical (unpaired) electrons. The highest BCUT2D eigenvalue weighted by atomic mass is 16.5. The fourth-order valence-electron chi connectivity index (χ4n) is 4.50. The van der Waals surface area contributed by atoms with Gasteiger partial charge in [0.25, 0.3) is 5.91 Å². The van der Waals surface area contributed by atoms with Gasteiger partial charge in [0.2, 0.25) is 5.91 Å². The molecule has 3 heterocycles. The van der Waals surface area contributed by atoms with Gasteiger partial charge in [-0.2, -0.15) is 0 Å². The molecule has 2 N–H and O–H groups in total. The summed E-state index contributed by atoms with van der Waals surface area (Å²) >= 11 is 0. The number of H-pyrrole nitrogens is 1. The minimum absolute atomic E-state index is 0.0544. The maximum Gasteiger partial charge on any atom is 0.272 e. The third kappa shape index (κ3) is 3.60. The molecule has 0 bridgehead atoms. The Balaban J connectivity index is 1.50. The number of ether oxygens (including phenoxy) is 2. The molecule has 0 spiro atoms. The third-order valence-corrected chi connectivity index (χ3v) is 5.89. The van der Waals surface area contributed by atoms with Crippen molar-refractivity contribution in [1.82, 2.24) is 9.88 Å². The number of benzene rings is 2. The van der Waals surface area contributed by atoms with Gasteiger partial charge in [-0.25, -0.2) is 0 Å². The average Bonchev–Trinajstić information content (AvgIpc) is 3.32. The molecule has 5 rings (SSSR count). The predicted molar refractivity (Wildman–Crippen MR) is 118 cm³/mol. The van der Waals surface area contributed by atoms with Crippen LogP contribution in [0.5, 0.6) is 11.5 Å². The van der Waals surface area contributed by atoms with E-state index >= 15 is 0 Å². The summed E-state index contributed by atoms with van der Waals surface area (Å²) in [7, 11) is 0. The Labute approximate surface area is 180 Å². The van der Waals surface area contributed by atoms with Crippen molar-refractivity contribution in [1.29, 1.82) is 0 Å². The first-order valence-corrected chi connectivity index (χ1v) is 10.7. The predicted octanol–water partition coefficient (Wildman–Crippen LogP) is 4.26. The molecule has 0 saturated carbocycles. The Morgan fingerprint density at radius 3 is 2.71 bits per heavy atom. The topological polar surface area (TPSA) is 83.7 Å². The SMILES string of the molecule is CC(=O)Nc1c(C(=O)N2CCC[C@H]2c2ccc3c(c2)OCCCO3)[nH]c2ccccc12. The molecule has 1 fully saturated rings. The second-order valence-electron chi connectivity index (χ2n) is 8.01. The lowest BCUT2D eigenvalue weighted by Crippen LogP contribution is -2.31. The summed E-state index contributed by atoms with van der Waals surface area (Å²) < 4.78 is 11.6. The fraction of sp³-hybridized carbons (Fsp3) is 0.333. The van der Waals surface area contributed by atoms with Gasteiger partial charge in [0, 0.05) is 30.8 Å². The van der Waals surface area contributed by atoms with Gasteiger partial charge in [0.05, 0.1) is 24.9 Å². The molecule has 0 unspecified atom stereocenters. The minimum Gasteiger partial charge on any atom is -0.490 e. The summed E-state index contributed by atoms with van der Waals surface area (Å²) in [5.74, 6) is 1.16. The highest BCUT2D eigenvalue weighted by Crippen LogP contribution is 2.39. The quantitative estimate of drug-likeness (QED) is 0.664. The zero-order chi connectivity index (χ0) is 21.4. The number of carbonyl (C=O) groups is 2. The van der Waals surface area contributed by atoms with Crippen molar-refractivity contribution in [2.45, 2.75) is 32.2 Å². The summed E-state index contributed by atoms with van der Waals surface area (Å²) in [5, 5.41) is 3.68. The first kappa shape index (κ1) is 19.5. The fourth-order valence-corrected chi connectivity index (χ4v) is 4.50. The van der Waals surface area contributed by atoms with Crippen molar-refractivity contribution in [2.75, 3.05) is 25.1 Å². The number of hydrogen-bond donors (Lipinski definition) is 2. The van der Waals surface area contributed by atoms with Crippen molar-refractivity contribution in [2.24, 2.45) is 0 Å². The van der Waals surface area contributed by atoms with Gasteiger partial charge < -0.3 is 24.7 Å². The Morgan fingerprint density at radius 1 is 1.06 bits per heavy atom. The van der Waals surface area contributed by atoms with E-state index in [0.29, 0.717) is 31.1 Å². The van der Waals surface area contributed by atoms with E-state index in [1.807, 2.05) is 47.4 Å². The van der Waals surface area contributed by atoms with Crippen LogP contribution in [0.15, 0.2) is 42.5 Å². The highest BCUT2D eigenvalue weighted by molar-refractivity contribution is 6.12. The van der Waals surface area contributed by atoms with Crippen LogP contribution in [0.2, 0.25) is 0 Å². The van der Waals surface area contributed by atoms with E-state index in [1.54, 1.807) is 0 Å². The van der Waals surface area contributed by atoms with Gasteiger partial charge in [-0.1, -0.05) is 24.3 Å². The van der Waals surface area contributed by atoms with Crippen molar-refractivity contribution in [3.8, 4) is 11.5 Å². The number of carbonyl (C=O) groups excluding carboxylic acids is 2. The van der Waals surface area contributed by atoms with Crippen LogP contribution in [0.25, 0.3) is 10.9 Å². The molecule has 2 aliphatic rings. The maximum atomic E-state index is 13.6. The van der Waals surface area contributed by atoms with Crippen LogP contribution in [0.4, 0.5) is 5.69 Å². The molecule has 0 aliphatic carbocycles. The lowest BCUT2D eigenvalue weighted by Gasteiger charge is -2.26. The van der Waals surface area contributed by atoms with Crippen LogP contribution < -0.4 is 14.8 Å². The van der Waals surface area contributed by atoms with Crippen LogP contribution in [0.1, 0.15) is 48.3 Å². The standard InChI is InChI=1S/C24H25N3O4/c1-15(28)25-22-17-6-2-3-7-18(17)26-23(22)24(29)27-11-4-8-19(27)16-9-10-20-21(14-16)31-13-5-12-30-20/h2-3,6-7,9-10,14,19,26H,4-5,8,11-13H2,1H3,(H,25,28)/t19-/m0/s1. The van der Waals surface area contributed by atoms with E-state index in [0.717, 1.165) is 47.2 Å². The van der Waals surface area contributed by atoms with Crippen molar-refractivity contribution < 1.29 is 19.1 Å². The van der Waals surface area contributed by atoms with Crippen molar-refractivity contribution in [3.63, 3.8) is 0 Å². The Bertz CT molecular complexity index is 1150. The number of rotatable bonds is 3. The van der Waals surface area contributed by atoms with Crippen LogP contribution in [-0.4, -0.2) is 41.5 Å². The molecule has 7 heteroatoms. The van der Waals surface area contributed by atoms with E-state index in [9.17, 15) is 9.59 Å². The van der Waals surface area contributed by atoms with E-state index < -0.39 is 0 Å². The Morgan fingerprint density at radius 2 is 1.87 bits per heavy atom. The minimum atomic E-state index is -0.209. The monoisotopic (exact) mass is 419 g/mol. The summed E-state index contributed by atoms with van der Waals surface area (Å²) in [6.07, 6.45) is 2.64. The molecule has 3 aromatic rings. The molecule has 7 nitrogen and oxygen atoms in total. The summed E-state index contributed by atoms with van der Waals surface area (Å²) in [6, 6.07) is 13.5. The Hall–Kier alpha value is -3.48. The van der Waals surface area contributed by atoms with Gasteiger partial charge in [-0.15, -0.1) is 0 Å². The van der Waals surface area contributed by atoms with Gasteiger partial charge in [-0.3, -0.25) is 9.59 Å². The summed E-state index contributed by atoms with van der Waals surface area (Å²) in [4.78, 5) is 30.6. The number of aromatic amines is 1. The second kappa shape index (κ2) is 7.98. The number of hydrogen-bond acceptors (Lipinski definition) is 4. The molecular formula is C24H25N3O4. The first-order valence-electron chi connectivity index (χ1n) is 10.7. The molecule has 2 aliphatic heterocycles. The number of fused-ring (bicyclic) bond motifs is 2. The number of para-hydroxylation sites is 1. The van der Waals surface area contributed by atoms with Gasteiger partial charge in [-0.05, 0) is 36.6 Å². The zero-order valence-electron chi connectivity index (χ0n) is 17.4. The molecule has 1 atom stereocenters. The number of anilines is 1. The van der Waals surface area contributed by atoms with Crippen LogP contribution in [-0.2, 0) is 4.79 Å². The second-order valence-corrected chi connectivity index (χ2v) is 8.01. The molecular weight excluding hydrogens is 394 g/mol. The Kier molecular flexibility index (Phi) is 5.02. The lowest BCUT2D eigenvalue weighted by molar-refractivity contribution is -0.114. The molecule has 31 heavy (non-hydrogen) atoms. The normalized spacial score (nSPS) is 18.1. The average molecular weight is 419 g/mol. The number of aromatic nitrogens is 1. The highest BCUT2D eigenvalue weighted by Gasteiger charge is 2.33. The van der Waals surface area contributed by atoms with Crippen molar-refractivity contribution >= 4 is 28.4 Å².